The Morgan fingerprint density at radius 1 is 0.880 bits per heavy atom. The number of unbranched alkanes of at least 4 members (excludes halogenated alkanes) is 3. The first kappa shape index (κ1) is 20.4. The molecular weight excluding hydrogens is 388 g/mol. The van der Waals surface area contributed by atoms with Crippen molar-refractivity contribution in [3.63, 3.8) is 0 Å². The van der Waals surface area contributed by atoms with Crippen molar-refractivity contribution >= 4 is 29.2 Å². The van der Waals surface area contributed by atoms with E-state index in [-0.39, 0.29) is 0 Å². The Hall–Kier alpha value is -0.903. The van der Waals surface area contributed by atoms with Crippen LogP contribution in [0.2, 0.25) is 19.6 Å². The second kappa shape index (κ2) is 9.70. The average molecular weight is 419 g/mol. The fourth-order valence-corrected chi connectivity index (χ4v) is 4.59. The van der Waals surface area contributed by atoms with Crippen LogP contribution in [0.5, 0.6) is 0 Å². The second-order valence-electron chi connectivity index (χ2n) is 7.79. The maximum Gasteiger partial charge on any atom is 0.0775 e. The van der Waals surface area contributed by atoms with E-state index in [0.717, 1.165) is 17.5 Å². The molecule has 0 spiro atoms. The number of benzene rings is 2. The van der Waals surface area contributed by atoms with Crippen LogP contribution in [0.1, 0.15) is 38.2 Å². The standard InChI is InChI=1S/C22H31BrOSi/c1-5-6-7-8-13-24-17-18-14-20(16-21(23)15-18)19-9-11-22(12-10-19)25(2,3)4/h9-12,14-16H,5-8,13,17H2,1-4H3. The molecule has 136 valence electrons. The van der Waals surface area contributed by atoms with Crippen LogP contribution >= 0.6 is 15.9 Å². The smallest absolute Gasteiger partial charge is 0.0775 e. The number of hydrogen-bond acceptors (Lipinski definition) is 1. The van der Waals surface area contributed by atoms with E-state index in [1.165, 1.54) is 41.1 Å². The molecule has 0 saturated heterocycles. The fourth-order valence-electron chi connectivity index (χ4n) is 2.88. The van der Waals surface area contributed by atoms with Crippen molar-refractivity contribution < 1.29 is 4.74 Å². The minimum atomic E-state index is -1.24. The van der Waals surface area contributed by atoms with Gasteiger partial charge in [0.2, 0.25) is 0 Å². The van der Waals surface area contributed by atoms with Gasteiger partial charge in [0.15, 0.2) is 0 Å². The summed E-state index contributed by atoms with van der Waals surface area (Å²) in [6.07, 6.45) is 5.00. The van der Waals surface area contributed by atoms with Crippen LogP contribution in [-0.4, -0.2) is 14.7 Å². The molecule has 25 heavy (non-hydrogen) atoms. The molecule has 0 aromatic heterocycles. The van der Waals surface area contributed by atoms with Crippen LogP contribution in [0.4, 0.5) is 0 Å². The highest BCUT2D eigenvalue weighted by atomic mass is 79.9. The number of halogens is 1. The molecule has 3 heteroatoms. The number of rotatable bonds is 9. The topological polar surface area (TPSA) is 9.23 Å². The van der Waals surface area contributed by atoms with Crippen LogP contribution in [-0.2, 0) is 11.3 Å². The monoisotopic (exact) mass is 418 g/mol. The third kappa shape index (κ3) is 6.73. The quantitative estimate of drug-likeness (QED) is 0.322. The molecule has 0 aliphatic heterocycles. The maximum atomic E-state index is 5.86. The highest BCUT2D eigenvalue weighted by Gasteiger charge is 2.15. The first-order valence-electron chi connectivity index (χ1n) is 9.38. The van der Waals surface area contributed by atoms with Gasteiger partial charge >= 0.3 is 0 Å². The van der Waals surface area contributed by atoms with Gasteiger partial charge in [-0.2, -0.15) is 0 Å². The Bertz CT molecular complexity index is 659. The van der Waals surface area contributed by atoms with Crippen LogP contribution in [0.3, 0.4) is 0 Å². The first-order valence-corrected chi connectivity index (χ1v) is 13.7. The lowest BCUT2D eigenvalue weighted by Crippen LogP contribution is -2.37. The van der Waals surface area contributed by atoms with E-state index in [1.54, 1.807) is 0 Å². The van der Waals surface area contributed by atoms with Crippen LogP contribution in [0, 0.1) is 0 Å². The van der Waals surface area contributed by atoms with Gasteiger partial charge in [0.25, 0.3) is 0 Å². The lowest BCUT2D eigenvalue weighted by atomic mass is 10.0. The van der Waals surface area contributed by atoms with Crippen molar-refractivity contribution in [2.75, 3.05) is 6.61 Å². The summed E-state index contributed by atoms with van der Waals surface area (Å²) in [6.45, 7) is 10.9. The van der Waals surface area contributed by atoms with Gasteiger partial charge in [-0.25, -0.2) is 0 Å². The Balaban J connectivity index is 2.03. The molecule has 2 aromatic rings. The van der Waals surface area contributed by atoms with E-state index in [4.69, 9.17) is 4.74 Å². The van der Waals surface area contributed by atoms with E-state index in [1.807, 2.05) is 0 Å². The molecule has 0 aliphatic carbocycles. The van der Waals surface area contributed by atoms with Crippen LogP contribution in [0.15, 0.2) is 46.9 Å². The summed E-state index contributed by atoms with van der Waals surface area (Å²) >= 11 is 3.65. The summed E-state index contributed by atoms with van der Waals surface area (Å²) in [6, 6.07) is 15.7. The van der Waals surface area contributed by atoms with E-state index < -0.39 is 8.07 Å². The molecule has 1 nitrogen and oxygen atoms in total. The van der Waals surface area contributed by atoms with Crippen molar-refractivity contribution in [1.82, 2.24) is 0 Å². The molecule has 0 bridgehead atoms. The van der Waals surface area contributed by atoms with Gasteiger partial charge in [-0.3, -0.25) is 0 Å². The van der Waals surface area contributed by atoms with Gasteiger partial charge in [0, 0.05) is 11.1 Å². The third-order valence-electron chi connectivity index (χ3n) is 4.45. The molecule has 0 heterocycles. The molecule has 0 N–H and O–H groups in total. The Kier molecular flexibility index (Phi) is 7.92. The molecule has 0 fully saturated rings. The van der Waals surface area contributed by atoms with Crippen molar-refractivity contribution in [3.05, 3.63) is 52.5 Å². The second-order valence-corrected chi connectivity index (χ2v) is 13.8. The van der Waals surface area contributed by atoms with Gasteiger partial charge < -0.3 is 4.74 Å². The summed E-state index contributed by atoms with van der Waals surface area (Å²) < 4.78 is 6.98. The summed E-state index contributed by atoms with van der Waals surface area (Å²) in [7, 11) is -1.24. The summed E-state index contributed by atoms with van der Waals surface area (Å²) in [5.74, 6) is 0. The Morgan fingerprint density at radius 3 is 2.24 bits per heavy atom. The maximum absolute atomic E-state index is 5.86. The Morgan fingerprint density at radius 2 is 1.60 bits per heavy atom. The molecule has 2 rings (SSSR count). The molecule has 0 aliphatic rings. The van der Waals surface area contributed by atoms with Crippen molar-refractivity contribution in [2.24, 2.45) is 0 Å². The average Bonchev–Trinajstić information content (AvgIpc) is 2.57. The minimum absolute atomic E-state index is 0.686. The van der Waals surface area contributed by atoms with E-state index >= 15 is 0 Å². The third-order valence-corrected chi connectivity index (χ3v) is 6.98. The number of ether oxygens (including phenoxy) is 1. The molecule has 2 aromatic carbocycles. The summed E-state index contributed by atoms with van der Waals surface area (Å²) in [5.41, 5.74) is 3.75. The summed E-state index contributed by atoms with van der Waals surface area (Å²) in [5, 5.41) is 1.50. The highest BCUT2D eigenvalue weighted by molar-refractivity contribution is 9.10. The molecule has 0 radical (unpaired) electrons. The lowest BCUT2D eigenvalue weighted by Gasteiger charge is -2.17. The molecular formula is C22H31BrOSi. The van der Waals surface area contributed by atoms with Crippen molar-refractivity contribution in [3.8, 4) is 11.1 Å². The predicted octanol–water partition coefficient (Wildman–Crippen LogP) is 6.76. The number of hydrogen-bond donors (Lipinski definition) is 0. The molecule has 0 saturated carbocycles. The first-order chi connectivity index (χ1) is 11.9. The highest BCUT2D eigenvalue weighted by Crippen LogP contribution is 2.25. The van der Waals surface area contributed by atoms with Crippen molar-refractivity contribution in [2.45, 2.75) is 58.9 Å². The fraction of sp³-hybridized carbons (Fsp3) is 0.455. The van der Waals surface area contributed by atoms with E-state index in [0.29, 0.717) is 6.61 Å². The zero-order valence-corrected chi connectivity index (χ0v) is 18.7. The molecule has 0 amide bonds. The molecule has 0 unspecified atom stereocenters. The van der Waals surface area contributed by atoms with Crippen LogP contribution < -0.4 is 5.19 Å². The van der Waals surface area contributed by atoms with Gasteiger partial charge in [-0.05, 0) is 41.3 Å². The zero-order valence-electron chi connectivity index (χ0n) is 16.1. The minimum Gasteiger partial charge on any atom is -0.377 e. The summed E-state index contributed by atoms with van der Waals surface area (Å²) in [4.78, 5) is 0. The van der Waals surface area contributed by atoms with Crippen LogP contribution in [0.25, 0.3) is 11.1 Å². The van der Waals surface area contributed by atoms with Gasteiger partial charge in [0.1, 0.15) is 0 Å². The predicted molar refractivity (Wildman–Crippen MR) is 116 cm³/mol. The van der Waals surface area contributed by atoms with E-state index in [9.17, 15) is 0 Å². The van der Waals surface area contributed by atoms with Gasteiger partial charge in [0.05, 0.1) is 14.7 Å². The largest absolute Gasteiger partial charge is 0.377 e. The molecule has 0 atom stereocenters. The van der Waals surface area contributed by atoms with Crippen molar-refractivity contribution in [1.29, 1.82) is 0 Å². The normalized spacial score (nSPS) is 11.7. The lowest BCUT2D eigenvalue weighted by molar-refractivity contribution is 0.117. The SMILES string of the molecule is CCCCCCOCc1cc(Br)cc(-c2ccc([Si](C)(C)C)cc2)c1. The Labute approximate surface area is 162 Å². The van der Waals surface area contributed by atoms with Gasteiger partial charge in [-0.1, -0.05) is 91.2 Å². The van der Waals surface area contributed by atoms with Gasteiger partial charge in [-0.15, -0.1) is 0 Å². The zero-order chi connectivity index (χ0) is 18.3. The van der Waals surface area contributed by atoms with E-state index in [2.05, 4.69) is 85.0 Å².